The molecule has 0 atom stereocenters. The first-order valence-electron chi connectivity index (χ1n) is 6.27. The Morgan fingerprint density at radius 3 is 2.48 bits per heavy atom. The number of carbonyl (C=O) groups excluding carboxylic acids is 1. The van der Waals surface area contributed by atoms with Crippen LogP contribution in [0.25, 0.3) is 10.8 Å². The van der Waals surface area contributed by atoms with Crippen molar-refractivity contribution < 1.29 is 22.7 Å². The van der Waals surface area contributed by atoms with Crippen LogP contribution in [0.4, 0.5) is 18.0 Å². The van der Waals surface area contributed by atoms with Crippen LogP contribution in [0.3, 0.4) is 0 Å². The second-order valence-corrected chi connectivity index (χ2v) is 4.71. The number of amides is 1. The summed E-state index contributed by atoms with van der Waals surface area (Å²) in [5.41, 5.74) is 0.820. The molecule has 0 N–H and O–H groups in total. The second kappa shape index (κ2) is 6.03. The minimum Gasteiger partial charge on any atom is -0.440 e. The lowest BCUT2D eigenvalue weighted by atomic mass is 10.1. The van der Waals surface area contributed by atoms with Crippen LogP contribution >= 0.6 is 0 Å². The van der Waals surface area contributed by atoms with E-state index in [4.69, 9.17) is 0 Å². The van der Waals surface area contributed by atoms with E-state index in [-0.39, 0.29) is 6.54 Å². The summed E-state index contributed by atoms with van der Waals surface area (Å²) < 4.78 is 40.1. The molecule has 0 aliphatic heterocycles. The van der Waals surface area contributed by atoms with Crippen LogP contribution in [0, 0.1) is 0 Å². The van der Waals surface area contributed by atoms with E-state index in [1.54, 1.807) is 0 Å². The van der Waals surface area contributed by atoms with Gasteiger partial charge in [-0.25, -0.2) is 4.79 Å². The summed E-state index contributed by atoms with van der Waals surface area (Å²) in [6.45, 7) is -1.39. The Labute approximate surface area is 119 Å². The Morgan fingerprint density at radius 1 is 1.14 bits per heavy atom. The number of benzene rings is 2. The van der Waals surface area contributed by atoms with Gasteiger partial charge in [0.1, 0.15) is 0 Å². The summed E-state index contributed by atoms with van der Waals surface area (Å²) in [4.78, 5) is 12.6. The molecular formula is C15H14F3NO2. The molecule has 112 valence electrons. The van der Waals surface area contributed by atoms with E-state index in [2.05, 4.69) is 4.74 Å². The second-order valence-electron chi connectivity index (χ2n) is 4.71. The van der Waals surface area contributed by atoms with Gasteiger partial charge < -0.3 is 9.64 Å². The van der Waals surface area contributed by atoms with Crippen molar-refractivity contribution in [3.8, 4) is 0 Å². The standard InChI is InChI=1S/C15H14F3NO2/c1-19(14(20)21-10-15(16,17)18)9-11-6-7-12-4-2-3-5-13(12)8-11/h2-8H,9-10H2,1H3. The van der Waals surface area contributed by atoms with Crippen LogP contribution in [-0.2, 0) is 11.3 Å². The van der Waals surface area contributed by atoms with Crippen molar-refractivity contribution in [2.24, 2.45) is 0 Å². The number of hydrogen-bond acceptors (Lipinski definition) is 2. The zero-order valence-corrected chi connectivity index (χ0v) is 11.4. The van der Waals surface area contributed by atoms with E-state index in [0.29, 0.717) is 0 Å². The molecule has 0 spiro atoms. The Balaban J connectivity index is 2.00. The van der Waals surface area contributed by atoms with Gasteiger partial charge in [0.05, 0.1) is 0 Å². The minimum atomic E-state index is -4.51. The maximum absolute atomic E-state index is 12.0. The molecule has 0 saturated heterocycles. The van der Waals surface area contributed by atoms with Gasteiger partial charge in [0.2, 0.25) is 0 Å². The summed E-state index contributed by atoms with van der Waals surface area (Å²) in [7, 11) is 1.40. The first-order chi connectivity index (χ1) is 9.85. The summed E-state index contributed by atoms with van der Waals surface area (Å²) in [6, 6.07) is 13.3. The average Bonchev–Trinajstić information content (AvgIpc) is 2.43. The van der Waals surface area contributed by atoms with Crippen LogP contribution in [0.2, 0.25) is 0 Å². The van der Waals surface area contributed by atoms with E-state index < -0.39 is 18.9 Å². The van der Waals surface area contributed by atoms with Crippen LogP contribution < -0.4 is 0 Å². The molecule has 0 heterocycles. The Kier molecular flexibility index (Phi) is 4.35. The molecule has 0 radical (unpaired) electrons. The van der Waals surface area contributed by atoms with E-state index in [1.165, 1.54) is 7.05 Å². The lowest BCUT2D eigenvalue weighted by Crippen LogP contribution is -2.30. The average molecular weight is 297 g/mol. The maximum atomic E-state index is 12.0. The van der Waals surface area contributed by atoms with E-state index in [1.807, 2.05) is 42.5 Å². The highest BCUT2D eigenvalue weighted by atomic mass is 19.4. The molecule has 0 bridgehead atoms. The lowest BCUT2D eigenvalue weighted by molar-refractivity contribution is -0.162. The highest BCUT2D eigenvalue weighted by Crippen LogP contribution is 2.18. The number of ether oxygens (including phenoxy) is 1. The summed E-state index contributed by atoms with van der Waals surface area (Å²) >= 11 is 0. The number of hydrogen-bond donors (Lipinski definition) is 0. The van der Waals surface area contributed by atoms with Gasteiger partial charge in [-0.05, 0) is 22.4 Å². The lowest BCUT2D eigenvalue weighted by Gasteiger charge is -2.18. The first-order valence-corrected chi connectivity index (χ1v) is 6.27. The van der Waals surface area contributed by atoms with Gasteiger partial charge >= 0.3 is 12.3 Å². The van der Waals surface area contributed by atoms with Crippen LogP contribution in [0.5, 0.6) is 0 Å². The third-order valence-corrected chi connectivity index (χ3v) is 2.90. The van der Waals surface area contributed by atoms with Crippen molar-refractivity contribution in [3.63, 3.8) is 0 Å². The Bertz CT molecular complexity index is 640. The molecular weight excluding hydrogens is 283 g/mol. The summed E-state index contributed by atoms with van der Waals surface area (Å²) in [5, 5.41) is 2.07. The number of alkyl halides is 3. The highest BCUT2D eigenvalue weighted by molar-refractivity contribution is 5.83. The number of rotatable bonds is 3. The predicted octanol–water partition coefficient (Wildman–Crippen LogP) is 3.97. The molecule has 0 saturated carbocycles. The molecule has 0 aliphatic carbocycles. The van der Waals surface area contributed by atoms with Crippen molar-refractivity contribution in [2.45, 2.75) is 12.7 Å². The van der Waals surface area contributed by atoms with Crippen molar-refractivity contribution in [1.29, 1.82) is 0 Å². The fraction of sp³-hybridized carbons (Fsp3) is 0.267. The van der Waals surface area contributed by atoms with Crippen LogP contribution in [0.15, 0.2) is 42.5 Å². The van der Waals surface area contributed by atoms with Gasteiger partial charge in [-0.1, -0.05) is 36.4 Å². The summed E-state index contributed by atoms with van der Waals surface area (Å²) in [5.74, 6) is 0. The number of fused-ring (bicyclic) bond motifs is 1. The van der Waals surface area contributed by atoms with Crippen molar-refractivity contribution in [3.05, 3.63) is 48.0 Å². The minimum absolute atomic E-state index is 0.182. The van der Waals surface area contributed by atoms with Crippen molar-refractivity contribution in [1.82, 2.24) is 4.90 Å². The van der Waals surface area contributed by atoms with Gasteiger partial charge in [0.25, 0.3) is 0 Å². The normalized spacial score (nSPS) is 11.4. The molecule has 0 fully saturated rings. The number of carbonyl (C=O) groups is 1. The van der Waals surface area contributed by atoms with Crippen molar-refractivity contribution >= 4 is 16.9 Å². The topological polar surface area (TPSA) is 29.5 Å². The third kappa shape index (κ3) is 4.37. The smallest absolute Gasteiger partial charge is 0.422 e. The van der Waals surface area contributed by atoms with E-state index in [9.17, 15) is 18.0 Å². The fourth-order valence-corrected chi connectivity index (χ4v) is 1.93. The molecule has 0 aliphatic rings. The van der Waals surface area contributed by atoms with Gasteiger partial charge in [0.15, 0.2) is 6.61 Å². The van der Waals surface area contributed by atoms with Crippen molar-refractivity contribution in [2.75, 3.05) is 13.7 Å². The molecule has 3 nitrogen and oxygen atoms in total. The quantitative estimate of drug-likeness (QED) is 0.858. The number of nitrogens with zero attached hydrogens (tertiary/aromatic N) is 1. The molecule has 2 aromatic carbocycles. The molecule has 6 heteroatoms. The van der Waals surface area contributed by atoms with Gasteiger partial charge in [-0.3, -0.25) is 0 Å². The zero-order chi connectivity index (χ0) is 15.5. The molecule has 0 aromatic heterocycles. The summed E-state index contributed by atoms with van der Waals surface area (Å²) in [6.07, 6.45) is -5.51. The van der Waals surface area contributed by atoms with Gasteiger partial charge in [0, 0.05) is 13.6 Å². The van der Waals surface area contributed by atoms with Gasteiger partial charge in [-0.15, -0.1) is 0 Å². The molecule has 21 heavy (non-hydrogen) atoms. The Morgan fingerprint density at radius 2 is 1.81 bits per heavy atom. The highest BCUT2D eigenvalue weighted by Gasteiger charge is 2.30. The third-order valence-electron chi connectivity index (χ3n) is 2.90. The molecule has 2 aromatic rings. The molecule has 1 amide bonds. The monoisotopic (exact) mass is 297 g/mol. The molecule has 0 unspecified atom stereocenters. The largest absolute Gasteiger partial charge is 0.440 e. The SMILES string of the molecule is CN(Cc1ccc2ccccc2c1)C(=O)OCC(F)(F)F. The van der Waals surface area contributed by atoms with Crippen LogP contribution in [0.1, 0.15) is 5.56 Å². The van der Waals surface area contributed by atoms with E-state index in [0.717, 1.165) is 21.2 Å². The predicted molar refractivity (Wildman–Crippen MR) is 72.8 cm³/mol. The first kappa shape index (κ1) is 15.2. The van der Waals surface area contributed by atoms with Crippen LogP contribution in [-0.4, -0.2) is 30.8 Å². The number of halogens is 3. The molecule has 2 rings (SSSR count). The van der Waals surface area contributed by atoms with Gasteiger partial charge in [-0.2, -0.15) is 13.2 Å². The zero-order valence-electron chi connectivity index (χ0n) is 11.4. The Hall–Kier alpha value is -2.24. The fourth-order valence-electron chi connectivity index (χ4n) is 1.93. The van der Waals surface area contributed by atoms with E-state index >= 15 is 0 Å². The maximum Gasteiger partial charge on any atom is 0.422 e.